The maximum atomic E-state index is 12.9. The molecule has 2 atom stereocenters. The quantitative estimate of drug-likeness (QED) is 0.892. The third kappa shape index (κ3) is 2.56. The molecule has 0 aliphatic carbocycles. The second-order valence-corrected chi connectivity index (χ2v) is 6.06. The summed E-state index contributed by atoms with van der Waals surface area (Å²) in [5, 5.41) is 10.8. The van der Waals surface area contributed by atoms with E-state index in [4.69, 9.17) is 0 Å². The van der Waals surface area contributed by atoms with Crippen molar-refractivity contribution in [3.63, 3.8) is 0 Å². The standard InChI is InChI=1S/C17H22N2O2/c1-11-16(14-7-3-4-8-15(14)18-11)17(21)19-9-5-6-13(10-19)12(2)20/h3-4,7-8,12-13,18,20H,5-6,9-10H2,1-2H3. The number of aliphatic hydroxyl groups excluding tert-OH is 1. The number of H-pyrrole nitrogens is 1. The molecule has 0 saturated carbocycles. The van der Waals surface area contributed by atoms with E-state index < -0.39 is 0 Å². The van der Waals surface area contributed by atoms with E-state index in [2.05, 4.69) is 4.98 Å². The van der Waals surface area contributed by atoms with Gasteiger partial charge in [0.15, 0.2) is 0 Å². The van der Waals surface area contributed by atoms with Crippen molar-refractivity contribution in [2.24, 2.45) is 5.92 Å². The van der Waals surface area contributed by atoms with Crippen molar-refractivity contribution in [2.75, 3.05) is 13.1 Å². The highest BCUT2D eigenvalue weighted by Crippen LogP contribution is 2.26. The number of fused-ring (bicyclic) bond motifs is 1. The van der Waals surface area contributed by atoms with Crippen LogP contribution in [0.25, 0.3) is 10.9 Å². The van der Waals surface area contributed by atoms with Crippen molar-refractivity contribution < 1.29 is 9.90 Å². The zero-order valence-corrected chi connectivity index (χ0v) is 12.6. The Hall–Kier alpha value is -1.81. The van der Waals surface area contributed by atoms with Gasteiger partial charge in [0.25, 0.3) is 5.91 Å². The van der Waals surface area contributed by atoms with E-state index in [0.29, 0.717) is 6.54 Å². The monoisotopic (exact) mass is 286 g/mol. The number of para-hydroxylation sites is 1. The predicted octanol–water partition coefficient (Wildman–Crippen LogP) is 2.71. The summed E-state index contributed by atoms with van der Waals surface area (Å²) in [5.41, 5.74) is 2.69. The first-order valence-electron chi connectivity index (χ1n) is 7.62. The Morgan fingerprint density at radius 1 is 1.43 bits per heavy atom. The van der Waals surface area contributed by atoms with Crippen molar-refractivity contribution in [3.05, 3.63) is 35.5 Å². The summed E-state index contributed by atoms with van der Waals surface area (Å²) in [6, 6.07) is 7.91. The highest BCUT2D eigenvalue weighted by molar-refractivity contribution is 6.08. The Bertz CT molecular complexity index is 660. The van der Waals surface area contributed by atoms with Crippen LogP contribution in [0.4, 0.5) is 0 Å². The first kappa shape index (κ1) is 14.1. The van der Waals surface area contributed by atoms with Gasteiger partial charge in [-0.25, -0.2) is 0 Å². The third-order valence-electron chi connectivity index (χ3n) is 4.53. The normalized spacial score (nSPS) is 20.7. The van der Waals surface area contributed by atoms with E-state index in [0.717, 1.165) is 41.5 Å². The van der Waals surface area contributed by atoms with Crippen molar-refractivity contribution in [1.29, 1.82) is 0 Å². The molecule has 21 heavy (non-hydrogen) atoms. The van der Waals surface area contributed by atoms with Crippen LogP contribution >= 0.6 is 0 Å². The molecule has 2 unspecified atom stereocenters. The number of aryl methyl sites for hydroxylation is 1. The molecular weight excluding hydrogens is 264 g/mol. The molecule has 0 bridgehead atoms. The number of rotatable bonds is 2. The number of benzene rings is 1. The van der Waals surface area contributed by atoms with Crippen LogP contribution in [0.1, 0.15) is 35.8 Å². The predicted molar refractivity (Wildman–Crippen MR) is 83.3 cm³/mol. The van der Waals surface area contributed by atoms with Gasteiger partial charge in [0, 0.05) is 35.6 Å². The molecule has 4 nitrogen and oxygen atoms in total. The number of piperidine rings is 1. The molecule has 0 spiro atoms. The van der Waals surface area contributed by atoms with Crippen molar-refractivity contribution in [1.82, 2.24) is 9.88 Å². The third-order valence-corrected chi connectivity index (χ3v) is 4.53. The summed E-state index contributed by atoms with van der Waals surface area (Å²) in [5.74, 6) is 0.267. The van der Waals surface area contributed by atoms with Gasteiger partial charge in [0.1, 0.15) is 0 Å². The van der Waals surface area contributed by atoms with Crippen LogP contribution in [-0.2, 0) is 0 Å². The number of carbonyl (C=O) groups excluding carboxylic acids is 1. The van der Waals surface area contributed by atoms with E-state index in [-0.39, 0.29) is 17.9 Å². The average Bonchev–Trinajstić information content (AvgIpc) is 2.82. The molecule has 2 aromatic rings. The average molecular weight is 286 g/mol. The number of nitrogens with one attached hydrogen (secondary N) is 1. The minimum Gasteiger partial charge on any atom is -0.393 e. The van der Waals surface area contributed by atoms with E-state index >= 15 is 0 Å². The molecule has 1 fully saturated rings. The molecule has 1 aliphatic rings. The van der Waals surface area contributed by atoms with Gasteiger partial charge in [-0.2, -0.15) is 0 Å². The molecule has 1 aromatic carbocycles. The maximum Gasteiger partial charge on any atom is 0.256 e. The molecule has 4 heteroatoms. The zero-order chi connectivity index (χ0) is 15.0. The van der Waals surface area contributed by atoms with Crippen molar-refractivity contribution in [2.45, 2.75) is 32.8 Å². The summed E-state index contributed by atoms with van der Waals surface area (Å²) < 4.78 is 0. The van der Waals surface area contributed by atoms with Gasteiger partial charge in [0.2, 0.25) is 0 Å². The largest absolute Gasteiger partial charge is 0.393 e. The second-order valence-electron chi connectivity index (χ2n) is 6.06. The van der Waals surface area contributed by atoms with Gasteiger partial charge < -0.3 is 15.0 Å². The number of hydrogen-bond donors (Lipinski definition) is 2. The molecule has 2 N–H and O–H groups in total. The van der Waals surface area contributed by atoms with Gasteiger partial charge in [-0.05, 0) is 32.8 Å². The number of carbonyl (C=O) groups is 1. The number of aromatic nitrogens is 1. The smallest absolute Gasteiger partial charge is 0.256 e. The topological polar surface area (TPSA) is 56.3 Å². The van der Waals surface area contributed by atoms with E-state index in [1.54, 1.807) is 0 Å². The Morgan fingerprint density at radius 3 is 2.95 bits per heavy atom. The second kappa shape index (κ2) is 5.53. The Labute approximate surface area is 124 Å². The van der Waals surface area contributed by atoms with Gasteiger partial charge in [-0.1, -0.05) is 18.2 Å². The van der Waals surface area contributed by atoms with Crippen LogP contribution in [0.15, 0.2) is 24.3 Å². The lowest BCUT2D eigenvalue weighted by molar-refractivity contribution is 0.0467. The number of hydrogen-bond acceptors (Lipinski definition) is 2. The first-order valence-corrected chi connectivity index (χ1v) is 7.62. The molecule has 2 heterocycles. The van der Waals surface area contributed by atoms with E-state index in [1.807, 2.05) is 43.0 Å². The van der Waals surface area contributed by atoms with Gasteiger partial charge in [-0.15, -0.1) is 0 Å². The molecule has 0 radical (unpaired) electrons. The van der Waals surface area contributed by atoms with E-state index in [9.17, 15) is 9.90 Å². The Kier molecular flexibility index (Phi) is 3.72. The van der Waals surface area contributed by atoms with Crippen molar-refractivity contribution in [3.8, 4) is 0 Å². The van der Waals surface area contributed by atoms with E-state index in [1.165, 1.54) is 0 Å². The number of nitrogens with zero attached hydrogens (tertiary/aromatic N) is 1. The SMILES string of the molecule is Cc1[nH]c2ccccc2c1C(=O)N1CCCC(C(C)O)C1. The highest BCUT2D eigenvalue weighted by Gasteiger charge is 2.29. The fourth-order valence-corrected chi connectivity index (χ4v) is 3.30. The van der Waals surface area contributed by atoms with Gasteiger partial charge in [-0.3, -0.25) is 4.79 Å². The van der Waals surface area contributed by atoms with Gasteiger partial charge >= 0.3 is 0 Å². The highest BCUT2D eigenvalue weighted by atomic mass is 16.3. The van der Waals surface area contributed by atoms with Gasteiger partial charge in [0.05, 0.1) is 11.7 Å². The van der Waals surface area contributed by atoms with Crippen LogP contribution in [0.2, 0.25) is 0 Å². The molecule has 3 rings (SSSR count). The minimum absolute atomic E-state index is 0.0790. The van der Waals surface area contributed by atoms with Crippen molar-refractivity contribution >= 4 is 16.8 Å². The Balaban J connectivity index is 1.92. The first-order chi connectivity index (χ1) is 10.1. The molecule has 1 aliphatic heterocycles. The Morgan fingerprint density at radius 2 is 2.19 bits per heavy atom. The molecule has 112 valence electrons. The molecule has 1 amide bonds. The van der Waals surface area contributed by atoms with Crippen LogP contribution in [0.5, 0.6) is 0 Å². The molecule has 1 aromatic heterocycles. The summed E-state index contributed by atoms with van der Waals surface area (Å²) in [6.07, 6.45) is 1.60. The number of aromatic amines is 1. The minimum atomic E-state index is -0.357. The lowest BCUT2D eigenvalue weighted by Crippen LogP contribution is -2.43. The zero-order valence-electron chi connectivity index (χ0n) is 12.6. The lowest BCUT2D eigenvalue weighted by atomic mass is 9.93. The summed E-state index contributed by atoms with van der Waals surface area (Å²) in [7, 11) is 0. The number of likely N-dealkylation sites (tertiary alicyclic amines) is 1. The molecule has 1 saturated heterocycles. The van der Waals surface area contributed by atoms with Crippen LogP contribution in [0, 0.1) is 12.8 Å². The summed E-state index contributed by atoms with van der Waals surface area (Å²) >= 11 is 0. The maximum absolute atomic E-state index is 12.9. The summed E-state index contributed by atoms with van der Waals surface area (Å²) in [4.78, 5) is 18.1. The molecular formula is C17H22N2O2. The summed E-state index contributed by atoms with van der Waals surface area (Å²) in [6.45, 7) is 5.19. The lowest BCUT2D eigenvalue weighted by Gasteiger charge is -2.34. The van der Waals surface area contributed by atoms with Crippen LogP contribution < -0.4 is 0 Å². The number of amides is 1. The number of aliphatic hydroxyl groups is 1. The fourth-order valence-electron chi connectivity index (χ4n) is 3.30. The van der Waals surface area contributed by atoms with Crippen LogP contribution in [0.3, 0.4) is 0 Å². The fraction of sp³-hybridized carbons (Fsp3) is 0.471. The van der Waals surface area contributed by atoms with Crippen LogP contribution in [-0.4, -0.2) is 40.1 Å².